The number of carbonyl (C=O) groups is 3. The maximum atomic E-state index is 11.0. The van der Waals surface area contributed by atoms with E-state index >= 15 is 0 Å². The lowest BCUT2D eigenvalue weighted by molar-refractivity contribution is -0.138. The van der Waals surface area contributed by atoms with E-state index in [1.54, 1.807) is 12.1 Å². The highest BCUT2D eigenvalue weighted by Gasteiger charge is 2.14. The minimum absolute atomic E-state index is 0.0443. The number of esters is 1. The van der Waals surface area contributed by atoms with E-state index in [1.165, 1.54) is 13.0 Å². The van der Waals surface area contributed by atoms with Crippen LogP contribution in [0.1, 0.15) is 18.1 Å². The Labute approximate surface area is 115 Å². The Morgan fingerprint density at radius 2 is 2.15 bits per heavy atom. The van der Waals surface area contributed by atoms with E-state index in [0.29, 0.717) is 11.1 Å². The lowest BCUT2D eigenvalue weighted by Gasteiger charge is -2.12. The highest BCUT2D eigenvalue weighted by Crippen LogP contribution is 2.22. The fraction of sp³-hybridized carbons (Fsp3) is 0.308. The molecule has 1 aromatic rings. The Kier molecular flexibility index (Phi) is 5.67. The molecule has 0 bridgehead atoms. The monoisotopic (exact) mass is 281 g/mol. The van der Waals surface area contributed by atoms with E-state index in [-0.39, 0.29) is 25.2 Å². The Morgan fingerprint density at radius 3 is 2.70 bits per heavy atom. The van der Waals surface area contributed by atoms with Crippen LogP contribution in [0.2, 0.25) is 0 Å². The molecule has 1 unspecified atom stereocenters. The third kappa shape index (κ3) is 4.69. The summed E-state index contributed by atoms with van der Waals surface area (Å²) < 4.78 is 9.61. The number of carboxylic acid groups (broad SMARTS) is 1. The first-order valence-electron chi connectivity index (χ1n) is 5.78. The zero-order valence-electron chi connectivity index (χ0n) is 10.9. The van der Waals surface area contributed by atoms with Crippen molar-refractivity contribution in [3.05, 3.63) is 29.3 Å². The number of rotatable bonds is 7. The first kappa shape index (κ1) is 15.6. The van der Waals surface area contributed by atoms with E-state index in [4.69, 9.17) is 15.6 Å². The van der Waals surface area contributed by atoms with Crippen molar-refractivity contribution in [2.75, 3.05) is 0 Å². The molecular weight excluding hydrogens is 266 g/mol. The highest BCUT2D eigenvalue weighted by molar-refractivity contribution is 5.73. The van der Waals surface area contributed by atoms with Crippen molar-refractivity contribution in [1.82, 2.24) is 0 Å². The fourth-order valence-corrected chi connectivity index (χ4v) is 1.56. The molecule has 3 N–H and O–H groups in total. The molecule has 0 aliphatic heterocycles. The van der Waals surface area contributed by atoms with Crippen molar-refractivity contribution in [2.24, 2.45) is 5.73 Å². The smallest absolute Gasteiger partial charge is 0.320 e. The largest absolute Gasteiger partial charge is 0.480 e. The molecule has 7 nitrogen and oxygen atoms in total. The van der Waals surface area contributed by atoms with Crippen LogP contribution < -0.4 is 10.5 Å². The van der Waals surface area contributed by atoms with Gasteiger partial charge < -0.3 is 20.3 Å². The molecule has 1 aromatic carbocycles. The second kappa shape index (κ2) is 7.25. The molecular formula is C13H15NO6. The van der Waals surface area contributed by atoms with Gasteiger partial charge in [-0.25, -0.2) is 0 Å². The summed E-state index contributed by atoms with van der Waals surface area (Å²) in [6.07, 6.45) is 0.0957. The number of nitrogens with two attached hydrogens (primary N) is 1. The molecule has 0 radical (unpaired) electrons. The van der Waals surface area contributed by atoms with Crippen molar-refractivity contribution in [3.8, 4) is 5.75 Å². The zero-order chi connectivity index (χ0) is 15.1. The van der Waals surface area contributed by atoms with Crippen LogP contribution in [0.5, 0.6) is 5.75 Å². The summed E-state index contributed by atoms with van der Waals surface area (Å²) in [5.41, 5.74) is 6.54. The minimum Gasteiger partial charge on any atom is -0.480 e. The van der Waals surface area contributed by atoms with Crippen molar-refractivity contribution < 1.29 is 29.0 Å². The van der Waals surface area contributed by atoms with E-state index in [2.05, 4.69) is 4.74 Å². The summed E-state index contributed by atoms with van der Waals surface area (Å²) in [6.45, 7) is 1.48. The van der Waals surface area contributed by atoms with Gasteiger partial charge in [-0.3, -0.25) is 14.4 Å². The molecule has 0 saturated carbocycles. The van der Waals surface area contributed by atoms with Crippen molar-refractivity contribution in [2.45, 2.75) is 26.0 Å². The van der Waals surface area contributed by atoms with Gasteiger partial charge in [-0.15, -0.1) is 0 Å². The molecule has 108 valence electrons. The van der Waals surface area contributed by atoms with E-state index in [0.717, 1.165) is 0 Å². The Hall–Kier alpha value is -2.41. The Bertz CT molecular complexity index is 514. The second-order valence-corrected chi connectivity index (χ2v) is 4.09. The van der Waals surface area contributed by atoms with Crippen LogP contribution in [0.15, 0.2) is 18.2 Å². The van der Waals surface area contributed by atoms with Gasteiger partial charge in [0, 0.05) is 12.5 Å². The maximum absolute atomic E-state index is 11.0. The van der Waals surface area contributed by atoms with Gasteiger partial charge in [0.05, 0.1) is 0 Å². The van der Waals surface area contributed by atoms with E-state index in [1.807, 2.05) is 0 Å². The normalized spacial score (nSPS) is 11.5. The number of hydrogen-bond donors (Lipinski definition) is 2. The first-order valence-corrected chi connectivity index (χ1v) is 5.78. The quantitative estimate of drug-likeness (QED) is 0.417. The third-order valence-electron chi connectivity index (χ3n) is 2.46. The molecule has 20 heavy (non-hydrogen) atoms. The molecule has 0 amide bonds. The molecule has 7 heteroatoms. The average molecular weight is 281 g/mol. The Balaban J connectivity index is 2.96. The highest BCUT2D eigenvalue weighted by atomic mass is 16.5. The molecule has 0 aliphatic rings. The van der Waals surface area contributed by atoms with Crippen molar-refractivity contribution in [3.63, 3.8) is 0 Å². The predicted octanol–water partition coefficient (Wildman–Crippen LogP) is 0.239. The predicted molar refractivity (Wildman–Crippen MR) is 67.9 cm³/mol. The van der Waals surface area contributed by atoms with Crippen LogP contribution in [0.4, 0.5) is 0 Å². The van der Waals surface area contributed by atoms with Crippen LogP contribution in [0.25, 0.3) is 0 Å². The van der Waals surface area contributed by atoms with Gasteiger partial charge in [-0.2, -0.15) is 0 Å². The van der Waals surface area contributed by atoms with Crippen LogP contribution in [-0.4, -0.2) is 29.6 Å². The summed E-state index contributed by atoms with van der Waals surface area (Å²) in [6, 6.07) is 3.69. The minimum atomic E-state index is -1.12. The third-order valence-corrected chi connectivity index (χ3v) is 2.46. The number of carboxylic acids is 1. The SMILES string of the molecule is CC(=O)Oc1cc(CC(N)C(=O)O)ccc1COC=O. The van der Waals surface area contributed by atoms with Gasteiger partial charge >= 0.3 is 11.9 Å². The number of ether oxygens (including phenoxy) is 2. The molecule has 1 rings (SSSR count). The summed E-state index contributed by atoms with van der Waals surface area (Å²) in [4.78, 5) is 31.9. The maximum Gasteiger partial charge on any atom is 0.320 e. The number of aliphatic carboxylic acids is 1. The van der Waals surface area contributed by atoms with Gasteiger partial charge in [0.15, 0.2) is 0 Å². The fourth-order valence-electron chi connectivity index (χ4n) is 1.56. The van der Waals surface area contributed by atoms with Gasteiger partial charge in [0.1, 0.15) is 18.4 Å². The van der Waals surface area contributed by atoms with Gasteiger partial charge in [0.2, 0.25) is 0 Å². The van der Waals surface area contributed by atoms with E-state index in [9.17, 15) is 14.4 Å². The van der Waals surface area contributed by atoms with Crippen LogP contribution in [0.3, 0.4) is 0 Å². The summed E-state index contributed by atoms with van der Waals surface area (Å²) in [5, 5.41) is 8.76. The van der Waals surface area contributed by atoms with Crippen LogP contribution in [0, 0.1) is 0 Å². The van der Waals surface area contributed by atoms with Crippen LogP contribution >= 0.6 is 0 Å². The number of benzene rings is 1. The molecule has 0 aliphatic carbocycles. The molecule has 0 heterocycles. The molecule has 1 atom stereocenters. The zero-order valence-corrected chi connectivity index (χ0v) is 10.9. The van der Waals surface area contributed by atoms with Crippen molar-refractivity contribution >= 4 is 18.4 Å². The van der Waals surface area contributed by atoms with Crippen molar-refractivity contribution in [1.29, 1.82) is 0 Å². The lowest BCUT2D eigenvalue weighted by Crippen LogP contribution is -2.32. The summed E-state index contributed by atoms with van der Waals surface area (Å²) in [7, 11) is 0. The number of hydrogen-bond acceptors (Lipinski definition) is 6. The van der Waals surface area contributed by atoms with E-state index < -0.39 is 18.0 Å². The summed E-state index contributed by atoms with van der Waals surface area (Å²) in [5.74, 6) is -1.43. The first-order chi connectivity index (χ1) is 9.43. The van der Waals surface area contributed by atoms with Gasteiger partial charge in [-0.1, -0.05) is 12.1 Å². The average Bonchev–Trinajstić information content (AvgIpc) is 2.37. The van der Waals surface area contributed by atoms with Gasteiger partial charge in [-0.05, 0) is 18.1 Å². The summed E-state index contributed by atoms with van der Waals surface area (Å²) >= 11 is 0. The van der Waals surface area contributed by atoms with Crippen LogP contribution in [-0.2, 0) is 32.1 Å². The Morgan fingerprint density at radius 1 is 1.45 bits per heavy atom. The van der Waals surface area contributed by atoms with Gasteiger partial charge in [0.25, 0.3) is 6.47 Å². The topological polar surface area (TPSA) is 116 Å². The second-order valence-electron chi connectivity index (χ2n) is 4.09. The lowest BCUT2D eigenvalue weighted by atomic mass is 10.0. The standard InChI is InChI=1S/C13H15NO6/c1-8(16)20-12-5-9(4-11(14)13(17)18)2-3-10(12)6-19-7-15/h2-3,5,7,11H,4,6,14H2,1H3,(H,17,18). The number of carbonyl (C=O) groups excluding carboxylic acids is 2. The molecule has 0 spiro atoms. The molecule has 0 fully saturated rings. The molecule has 0 saturated heterocycles. The molecule has 0 aromatic heterocycles.